The van der Waals surface area contributed by atoms with Gasteiger partial charge < -0.3 is 9.56 Å². The van der Waals surface area contributed by atoms with Gasteiger partial charge in [0, 0.05) is 0 Å². The third-order valence-corrected chi connectivity index (χ3v) is 0.605. The SMILES string of the molecule is [B]NP([B])(N)=O. The van der Waals surface area contributed by atoms with Crippen molar-refractivity contribution in [1.29, 1.82) is 0 Å². The van der Waals surface area contributed by atoms with Crippen LogP contribution in [0.1, 0.15) is 0 Å². The highest BCUT2D eigenvalue weighted by molar-refractivity contribution is 7.84. The molecule has 0 aromatic heterocycles. The third kappa shape index (κ3) is 4.28. The van der Waals surface area contributed by atoms with Crippen LogP contribution in [-0.2, 0) is 4.57 Å². The van der Waals surface area contributed by atoms with Gasteiger partial charge in [-0.1, -0.05) is 0 Å². The lowest BCUT2D eigenvalue weighted by Gasteiger charge is -2.00. The quantitative estimate of drug-likeness (QED) is 0.324. The van der Waals surface area contributed by atoms with E-state index in [4.69, 9.17) is 0 Å². The molecule has 0 saturated heterocycles. The van der Waals surface area contributed by atoms with Crippen LogP contribution >= 0.6 is 7.32 Å². The second kappa shape index (κ2) is 1.82. The van der Waals surface area contributed by atoms with Crippen molar-refractivity contribution >= 4 is 22.9 Å². The minimum Gasteiger partial charge on any atom is -0.315 e. The van der Waals surface area contributed by atoms with Crippen molar-refractivity contribution in [3.8, 4) is 0 Å². The van der Waals surface area contributed by atoms with Gasteiger partial charge in [0.2, 0.25) is 7.57 Å². The number of nitrogens with two attached hydrogens (primary N) is 1. The molecular weight excluding hydrogens is 96.6 g/mol. The largest absolute Gasteiger partial charge is 0.315 e. The topological polar surface area (TPSA) is 55.1 Å². The second-order valence-corrected chi connectivity index (χ2v) is 2.52. The van der Waals surface area contributed by atoms with Crippen molar-refractivity contribution in [2.75, 3.05) is 0 Å². The Morgan fingerprint density at radius 3 is 2.00 bits per heavy atom. The molecule has 0 spiro atoms. The first kappa shape index (κ1) is 6.28. The lowest BCUT2D eigenvalue weighted by atomic mass is 10.5. The van der Waals surface area contributed by atoms with Crippen molar-refractivity contribution in [3.63, 3.8) is 0 Å². The zero-order valence-corrected chi connectivity index (χ0v) is 3.98. The fourth-order valence-corrected chi connectivity index (χ4v) is 0. The number of nitrogens with one attached hydrogen (secondary N) is 1. The summed E-state index contributed by atoms with van der Waals surface area (Å²) in [6, 6.07) is 0. The minimum absolute atomic E-state index is 1.72. The van der Waals surface area contributed by atoms with Crippen molar-refractivity contribution in [3.05, 3.63) is 0 Å². The molecule has 0 heterocycles. The predicted octanol–water partition coefficient (Wildman–Crippen LogP) is -1.11. The van der Waals surface area contributed by atoms with Gasteiger partial charge in [0.05, 0.1) is 0 Å². The Labute approximate surface area is 38.9 Å². The first-order valence-corrected chi connectivity index (χ1v) is 3.06. The number of hydrogen-bond acceptors (Lipinski definition) is 1. The summed E-state index contributed by atoms with van der Waals surface area (Å²) in [7, 11) is 6.06. The molecule has 30 valence electrons. The van der Waals surface area contributed by atoms with Crippen LogP contribution in [0.15, 0.2) is 0 Å². The highest BCUT2D eigenvalue weighted by Crippen LogP contribution is 2.18. The average molecular weight is 99.6 g/mol. The Balaban J connectivity index is 3.48. The molecule has 0 aliphatic carbocycles. The molecule has 0 fully saturated rings. The van der Waals surface area contributed by atoms with E-state index in [0.717, 1.165) is 0 Å². The molecule has 1 unspecified atom stereocenters. The Morgan fingerprint density at radius 1 is 1.83 bits per heavy atom. The molecule has 6 heavy (non-hydrogen) atoms. The molecule has 0 saturated carbocycles. The molecule has 0 aliphatic heterocycles. The maximum absolute atomic E-state index is 9.90. The van der Waals surface area contributed by atoms with Gasteiger partial charge in [0.25, 0.3) is 0 Å². The highest BCUT2D eigenvalue weighted by atomic mass is 31.2. The van der Waals surface area contributed by atoms with E-state index in [2.05, 4.69) is 21.1 Å². The molecule has 0 rings (SSSR count). The van der Waals surface area contributed by atoms with Crippen LogP contribution in [0.2, 0.25) is 0 Å². The Hall–Kier alpha value is 0.280. The maximum atomic E-state index is 9.90. The summed E-state index contributed by atoms with van der Waals surface area (Å²) in [5, 5.41) is 0. The molecule has 4 radical (unpaired) electrons. The van der Waals surface area contributed by atoms with Gasteiger partial charge in [-0.25, -0.2) is 0 Å². The average Bonchev–Trinajstić information content (AvgIpc) is 1.35. The van der Waals surface area contributed by atoms with Crippen LogP contribution in [-0.4, -0.2) is 15.5 Å². The van der Waals surface area contributed by atoms with Crippen molar-refractivity contribution in [2.24, 2.45) is 5.50 Å². The van der Waals surface area contributed by atoms with Gasteiger partial charge >= 0.3 is 0 Å². The minimum atomic E-state index is -3.12. The molecule has 3 nitrogen and oxygen atoms in total. The Morgan fingerprint density at radius 2 is 2.00 bits per heavy atom. The van der Waals surface area contributed by atoms with E-state index in [9.17, 15) is 4.57 Å². The normalized spacial score (nSPS) is 19.5. The molecule has 0 aromatic carbocycles. The molecule has 0 bridgehead atoms. The smallest absolute Gasteiger partial charge is 0.205 e. The standard InChI is InChI=1S/B2H3N2OP/c1-4-6(2,3)5/h(H3,3,4,5). The van der Waals surface area contributed by atoms with E-state index in [1.165, 1.54) is 0 Å². The van der Waals surface area contributed by atoms with Crippen LogP contribution in [0.3, 0.4) is 0 Å². The number of rotatable bonds is 1. The Bertz CT molecular complexity index is 75.6. The molecule has 6 heteroatoms. The highest BCUT2D eigenvalue weighted by Gasteiger charge is 1.96. The first-order valence-electron chi connectivity index (χ1n) is 1.21. The Kier molecular flexibility index (Phi) is 1.91. The zero-order chi connectivity index (χ0) is 5.21. The van der Waals surface area contributed by atoms with Crippen LogP contribution in [0.25, 0.3) is 0 Å². The third-order valence-electron chi connectivity index (χ3n) is 0.202. The van der Waals surface area contributed by atoms with Gasteiger partial charge in [-0.2, -0.15) is 0 Å². The summed E-state index contributed by atoms with van der Waals surface area (Å²) in [5.74, 6) is 0. The van der Waals surface area contributed by atoms with Crippen LogP contribution < -0.4 is 10.5 Å². The van der Waals surface area contributed by atoms with Crippen molar-refractivity contribution in [1.82, 2.24) is 5.00 Å². The summed E-state index contributed by atoms with van der Waals surface area (Å²) < 4.78 is 9.90. The van der Waals surface area contributed by atoms with Crippen LogP contribution in [0.4, 0.5) is 0 Å². The van der Waals surface area contributed by atoms with E-state index in [1.54, 1.807) is 5.00 Å². The van der Waals surface area contributed by atoms with E-state index in [-0.39, 0.29) is 0 Å². The van der Waals surface area contributed by atoms with E-state index in [1.807, 2.05) is 0 Å². The van der Waals surface area contributed by atoms with E-state index in [0.29, 0.717) is 0 Å². The maximum Gasteiger partial charge on any atom is 0.205 e. The molecule has 3 N–H and O–H groups in total. The lowest BCUT2D eigenvalue weighted by molar-refractivity contribution is 0.583. The fraction of sp³-hybridized carbons (Fsp3) is 0. The van der Waals surface area contributed by atoms with Crippen LogP contribution in [0, 0.1) is 0 Å². The summed E-state index contributed by atoms with van der Waals surface area (Å²) in [6.07, 6.45) is 0. The molecule has 0 amide bonds. The van der Waals surface area contributed by atoms with Gasteiger partial charge in [0.15, 0.2) is 7.98 Å². The lowest BCUT2D eigenvalue weighted by Crippen LogP contribution is -2.11. The molecule has 0 aliphatic rings. The predicted molar refractivity (Wildman–Crippen MR) is 26.4 cm³/mol. The van der Waals surface area contributed by atoms with Crippen LogP contribution in [0.5, 0.6) is 0 Å². The van der Waals surface area contributed by atoms with E-state index < -0.39 is 7.32 Å². The van der Waals surface area contributed by atoms with Crippen molar-refractivity contribution < 1.29 is 4.57 Å². The van der Waals surface area contributed by atoms with E-state index >= 15 is 0 Å². The van der Waals surface area contributed by atoms with Crippen molar-refractivity contribution in [2.45, 2.75) is 0 Å². The second-order valence-electron chi connectivity index (χ2n) is 0.838. The summed E-state index contributed by atoms with van der Waals surface area (Å²) in [5.41, 5.74) is 4.63. The molecular formula is H3B2N2OP. The molecule has 0 aromatic rings. The summed E-state index contributed by atoms with van der Waals surface area (Å²) in [4.78, 5) is 1.72. The first-order chi connectivity index (χ1) is 2.56. The van der Waals surface area contributed by atoms with Gasteiger partial charge in [-0.3, -0.25) is 5.50 Å². The fourth-order valence-electron chi connectivity index (χ4n) is 0. The zero-order valence-electron chi connectivity index (χ0n) is 3.09. The summed E-state index contributed by atoms with van der Waals surface area (Å²) >= 11 is 0. The van der Waals surface area contributed by atoms with Gasteiger partial charge in [0.1, 0.15) is 7.32 Å². The molecule has 1 atom stereocenters. The number of hydrogen-bond donors (Lipinski definition) is 2. The monoisotopic (exact) mass is 100 g/mol. The summed E-state index contributed by atoms with van der Waals surface area (Å²) in [6.45, 7) is 0. The van der Waals surface area contributed by atoms with Gasteiger partial charge in [-0.15, -0.1) is 0 Å². The van der Waals surface area contributed by atoms with Gasteiger partial charge in [-0.05, 0) is 0 Å².